The molecule has 0 amide bonds. The summed E-state index contributed by atoms with van der Waals surface area (Å²) in [5.74, 6) is 2.43. The zero-order valence-corrected chi connectivity index (χ0v) is 13.5. The summed E-state index contributed by atoms with van der Waals surface area (Å²) < 4.78 is 0. The number of guanidine groups is 1. The SMILES string of the molecule is Cc1ccc(CN=C(N)NCC2CCC2)c(N2CCCC2)n1. The minimum atomic E-state index is 0.555. The van der Waals surface area contributed by atoms with Crippen molar-refractivity contribution in [2.45, 2.75) is 45.6 Å². The molecule has 2 aliphatic rings. The fourth-order valence-electron chi connectivity index (χ4n) is 3.07. The summed E-state index contributed by atoms with van der Waals surface area (Å²) in [5, 5.41) is 3.25. The Labute approximate surface area is 133 Å². The van der Waals surface area contributed by atoms with Gasteiger partial charge in [-0.3, -0.25) is 0 Å². The molecule has 1 saturated heterocycles. The van der Waals surface area contributed by atoms with Gasteiger partial charge in [0.15, 0.2) is 5.96 Å². The molecule has 0 atom stereocenters. The number of pyridine rings is 1. The van der Waals surface area contributed by atoms with Crippen LogP contribution in [-0.4, -0.2) is 30.6 Å². The zero-order chi connectivity index (χ0) is 15.4. The molecule has 1 aromatic rings. The van der Waals surface area contributed by atoms with E-state index in [-0.39, 0.29) is 0 Å². The third-order valence-electron chi connectivity index (χ3n) is 4.72. The normalized spacial score (nSPS) is 19.3. The second-order valence-corrected chi connectivity index (χ2v) is 6.51. The molecule has 2 heterocycles. The molecule has 3 rings (SSSR count). The molecule has 1 aliphatic carbocycles. The highest BCUT2D eigenvalue weighted by molar-refractivity contribution is 5.77. The Morgan fingerprint density at radius 3 is 2.77 bits per heavy atom. The van der Waals surface area contributed by atoms with Crippen molar-refractivity contribution in [2.24, 2.45) is 16.6 Å². The number of aliphatic imine (C=N–C) groups is 1. The van der Waals surface area contributed by atoms with Crippen LogP contribution in [-0.2, 0) is 6.54 Å². The number of anilines is 1. The monoisotopic (exact) mass is 301 g/mol. The minimum absolute atomic E-state index is 0.555. The van der Waals surface area contributed by atoms with E-state index in [4.69, 9.17) is 10.7 Å². The molecule has 22 heavy (non-hydrogen) atoms. The van der Waals surface area contributed by atoms with Gasteiger partial charge in [-0.15, -0.1) is 0 Å². The predicted molar refractivity (Wildman–Crippen MR) is 91.1 cm³/mol. The van der Waals surface area contributed by atoms with Crippen molar-refractivity contribution in [3.8, 4) is 0 Å². The molecule has 120 valence electrons. The van der Waals surface area contributed by atoms with Gasteiger partial charge in [0.05, 0.1) is 6.54 Å². The quantitative estimate of drug-likeness (QED) is 0.646. The van der Waals surface area contributed by atoms with E-state index in [0.717, 1.165) is 37.1 Å². The van der Waals surface area contributed by atoms with Gasteiger partial charge in [-0.1, -0.05) is 12.5 Å². The first kappa shape index (κ1) is 15.1. The van der Waals surface area contributed by atoms with Gasteiger partial charge in [0.25, 0.3) is 0 Å². The van der Waals surface area contributed by atoms with E-state index in [1.165, 1.54) is 37.7 Å². The highest BCUT2D eigenvalue weighted by Crippen LogP contribution is 2.25. The number of aryl methyl sites for hydroxylation is 1. The van der Waals surface area contributed by atoms with E-state index >= 15 is 0 Å². The first-order valence-corrected chi connectivity index (χ1v) is 8.47. The first-order valence-electron chi connectivity index (χ1n) is 8.47. The Morgan fingerprint density at radius 1 is 1.32 bits per heavy atom. The molecule has 2 fully saturated rings. The molecule has 5 heteroatoms. The molecule has 5 nitrogen and oxygen atoms in total. The van der Waals surface area contributed by atoms with Crippen LogP contribution in [0.2, 0.25) is 0 Å². The zero-order valence-electron chi connectivity index (χ0n) is 13.5. The molecule has 0 unspecified atom stereocenters. The van der Waals surface area contributed by atoms with Gasteiger partial charge < -0.3 is 16.0 Å². The van der Waals surface area contributed by atoms with E-state index in [2.05, 4.69) is 27.3 Å². The Bertz CT molecular complexity index is 530. The largest absolute Gasteiger partial charge is 0.370 e. The molecule has 0 aromatic carbocycles. The standard InChI is InChI=1S/C17H27N5/c1-13-7-8-15(16(21-13)22-9-2-3-10-22)12-20-17(18)19-11-14-5-4-6-14/h7-8,14H,2-6,9-12H2,1H3,(H3,18,19,20). The maximum absolute atomic E-state index is 5.99. The summed E-state index contributed by atoms with van der Waals surface area (Å²) in [6.45, 7) is 5.80. The summed E-state index contributed by atoms with van der Waals surface area (Å²) in [6.07, 6.45) is 6.51. The van der Waals surface area contributed by atoms with Gasteiger partial charge in [0.2, 0.25) is 0 Å². The van der Waals surface area contributed by atoms with E-state index in [1.54, 1.807) is 0 Å². The lowest BCUT2D eigenvalue weighted by molar-refractivity contribution is 0.315. The fraction of sp³-hybridized carbons (Fsp3) is 0.647. The molecular weight excluding hydrogens is 274 g/mol. The Morgan fingerprint density at radius 2 is 2.09 bits per heavy atom. The molecule has 0 bridgehead atoms. The van der Waals surface area contributed by atoms with Crippen LogP contribution in [0.25, 0.3) is 0 Å². The van der Waals surface area contributed by atoms with Crippen LogP contribution < -0.4 is 16.0 Å². The molecule has 3 N–H and O–H groups in total. The van der Waals surface area contributed by atoms with Crippen molar-refractivity contribution in [1.29, 1.82) is 0 Å². The summed E-state index contributed by atoms with van der Waals surface area (Å²) in [7, 11) is 0. The maximum Gasteiger partial charge on any atom is 0.188 e. The lowest BCUT2D eigenvalue weighted by atomic mass is 9.85. The number of rotatable bonds is 5. The van der Waals surface area contributed by atoms with Crippen LogP contribution in [0, 0.1) is 12.8 Å². The molecule has 1 aliphatic heterocycles. The van der Waals surface area contributed by atoms with E-state index in [0.29, 0.717) is 12.5 Å². The van der Waals surface area contributed by atoms with Crippen LogP contribution in [0.15, 0.2) is 17.1 Å². The van der Waals surface area contributed by atoms with E-state index in [9.17, 15) is 0 Å². The lowest BCUT2D eigenvalue weighted by Crippen LogP contribution is -2.37. The molecule has 0 spiro atoms. The van der Waals surface area contributed by atoms with Gasteiger partial charge in [0, 0.05) is 30.9 Å². The number of nitrogens with two attached hydrogens (primary N) is 1. The average Bonchev–Trinajstić information content (AvgIpc) is 2.98. The van der Waals surface area contributed by atoms with E-state index in [1.807, 2.05) is 6.92 Å². The van der Waals surface area contributed by atoms with Gasteiger partial charge in [-0.25, -0.2) is 9.98 Å². The van der Waals surface area contributed by atoms with Crippen LogP contribution in [0.1, 0.15) is 43.4 Å². The van der Waals surface area contributed by atoms with Crippen LogP contribution in [0.5, 0.6) is 0 Å². The Kier molecular flexibility index (Phi) is 4.80. The van der Waals surface area contributed by atoms with Crippen LogP contribution in [0.3, 0.4) is 0 Å². The maximum atomic E-state index is 5.99. The summed E-state index contributed by atoms with van der Waals surface area (Å²) in [4.78, 5) is 11.6. The highest BCUT2D eigenvalue weighted by Gasteiger charge is 2.18. The van der Waals surface area contributed by atoms with Gasteiger partial charge in [0.1, 0.15) is 5.82 Å². The first-order chi connectivity index (χ1) is 10.7. The van der Waals surface area contributed by atoms with E-state index < -0.39 is 0 Å². The number of nitrogens with one attached hydrogen (secondary N) is 1. The third kappa shape index (κ3) is 3.70. The predicted octanol–water partition coefficient (Wildman–Crippen LogP) is 2.19. The van der Waals surface area contributed by atoms with Crippen molar-refractivity contribution >= 4 is 11.8 Å². The number of hydrogen-bond acceptors (Lipinski definition) is 3. The smallest absolute Gasteiger partial charge is 0.188 e. The van der Waals surface area contributed by atoms with Crippen molar-refractivity contribution in [1.82, 2.24) is 10.3 Å². The van der Waals surface area contributed by atoms with Crippen molar-refractivity contribution in [2.75, 3.05) is 24.5 Å². The third-order valence-corrected chi connectivity index (χ3v) is 4.72. The second-order valence-electron chi connectivity index (χ2n) is 6.51. The lowest BCUT2D eigenvalue weighted by Gasteiger charge is -2.25. The fourth-order valence-corrected chi connectivity index (χ4v) is 3.07. The molecule has 1 saturated carbocycles. The second kappa shape index (κ2) is 6.99. The van der Waals surface area contributed by atoms with Crippen molar-refractivity contribution in [3.63, 3.8) is 0 Å². The summed E-state index contributed by atoms with van der Waals surface area (Å²) in [6, 6.07) is 4.20. The highest BCUT2D eigenvalue weighted by atomic mass is 15.2. The van der Waals surface area contributed by atoms with Gasteiger partial charge >= 0.3 is 0 Å². The molecule has 1 aromatic heterocycles. The average molecular weight is 301 g/mol. The molecular formula is C17H27N5. The number of nitrogens with zero attached hydrogens (tertiary/aromatic N) is 3. The Balaban J connectivity index is 1.63. The summed E-state index contributed by atoms with van der Waals surface area (Å²) in [5.41, 5.74) is 8.22. The Hall–Kier alpha value is -1.78. The van der Waals surface area contributed by atoms with Crippen LogP contribution in [0.4, 0.5) is 5.82 Å². The van der Waals surface area contributed by atoms with Crippen molar-refractivity contribution < 1.29 is 0 Å². The topological polar surface area (TPSA) is 66.5 Å². The van der Waals surface area contributed by atoms with Crippen molar-refractivity contribution in [3.05, 3.63) is 23.4 Å². The number of hydrogen-bond donors (Lipinski definition) is 2. The van der Waals surface area contributed by atoms with Gasteiger partial charge in [-0.2, -0.15) is 0 Å². The molecule has 0 radical (unpaired) electrons. The number of aromatic nitrogens is 1. The minimum Gasteiger partial charge on any atom is -0.370 e. The van der Waals surface area contributed by atoms with Crippen LogP contribution >= 0.6 is 0 Å². The summed E-state index contributed by atoms with van der Waals surface area (Å²) >= 11 is 0. The van der Waals surface area contributed by atoms with Gasteiger partial charge in [-0.05, 0) is 44.6 Å².